The Balaban J connectivity index is 1.21. The number of fused-ring (bicyclic) bond motifs is 4. The molecule has 0 saturated carbocycles. The number of rotatable bonds is 12. The molecule has 1 unspecified atom stereocenters. The number of hydrogen-bond acceptors (Lipinski definition) is 16. The van der Waals surface area contributed by atoms with E-state index < -0.39 is 113 Å². The van der Waals surface area contributed by atoms with Crippen molar-refractivity contribution in [3.63, 3.8) is 0 Å². The van der Waals surface area contributed by atoms with E-state index in [2.05, 4.69) is 16.0 Å². The molecule has 2 saturated heterocycles. The second kappa shape index (κ2) is 34.5. The van der Waals surface area contributed by atoms with E-state index in [9.17, 15) is 47.9 Å². The van der Waals surface area contributed by atoms with Crippen LogP contribution >= 0.6 is 0 Å². The second-order valence-electron chi connectivity index (χ2n) is 27.1. The Bertz CT molecular complexity index is 3510. The molecule has 4 aromatic carbocycles. The minimum atomic E-state index is -1.52. The summed E-state index contributed by atoms with van der Waals surface area (Å²) in [4.78, 5) is 162. The average Bonchev–Trinajstić information content (AvgIpc) is 1.79. The Labute approximate surface area is 568 Å². The molecule has 7 rings (SSSR count). The summed E-state index contributed by atoms with van der Waals surface area (Å²) in [6.07, 6.45) is 3.86. The van der Waals surface area contributed by atoms with Crippen LogP contribution in [-0.4, -0.2) is 169 Å². The molecule has 2 bridgehead atoms. The number of likely N-dealkylation sites (N-methyl/N-ethyl adjacent to an activating group) is 2. The van der Waals surface area contributed by atoms with Crippen LogP contribution in [-0.2, 0) is 86.2 Å². The Hall–Kier alpha value is -9.41. The zero-order valence-electron chi connectivity index (χ0n) is 57.8. The van der Waals surface area contributed by atoms with Gasteiger partial charge in [-0.25, -0.2) is 9.59 Å². The largest absolute Gasteiger partial charge is 0.493 e. The molecule has 7 amide bonds. The van der Waals surface area contributed by atoms with Crippen LogP contribution in [0.1, 0.15) is 153 Å². The first-order chi connectivity index (χ1) is 46.1. The standard InChI is InChI=1S/C74H95N7O16/c1-47(2)41-57-69(89)78(8)38-17-16-27-63(84)95-46-74(6,7)66(86)71(91)81-39-18-15-25-56(81)72(92)96-58(34-32-49-33-35-59(93-10)60(43-49)94-11)52-23-19-24-53(45-52)75-61(82)36-37-62(83)77-65(51-21-13-12-14-22-51)67(87)76-54(68(88)80-40-20-26-55(80)70(90)79(57)9)42-48-28-30-50(31-29-48)44-64(85)97-73(3,4)5/h12-14,16,19,21-24,27-31,33,35,43,45,47,54-58,65H,15,17-18,20,25-26,32,34,36-42,44,46H2,1-11H3,(H,75,82)(H,76,87)(H,77,83)/t54-,55+,56-,57-,58+,65?/m0/s1. The molecule has 3 aliphatic rings. The predicted octanol–water partition coefficient (Wildman–Crippen LogP) is 7.91. The van der Waals surface area contributed by atoms with Crippen molar-refractivity contribution in [1.82, 2.24) is 30.2 Å². The van der Waals surface area contributed by atoms with Crippen molar-refractivity contribution in [3.8, 4) is 11.5 Å². The van der Waals surface area contributed by atoms with Crippen LogP contribution in [0.15, 0.2) is 109 Å². The number of piperidine rings is 1. The van der Waals surface area contributed by atoms with Crippen molar-refractivity contribution in [2.75, 3.05) is 59.9 Å². The highest BCUT2D eigenvalue weighted by molar-refractivity contribution is 6.38. The zero-order chi connectivity index (χ0) is 70.7. The van der Waals surface area contributed by atoms with Crippen LogP contribution in [0.5, 0.6) is 11.5 Å². The molecule has 97 heavy (non-hydrogen) atoms. The summed E-state index contributed by atoms with van der Waals surface area (Å²) in [6, 6.07) is 21.5. The van der Waals surface area contributed by atoms with Crippen molar-refractivity contribution in [1.29, 1.82) is 0 Å². The van der Waals surface area contributed by atoms with Gasteiger partial charge in [0.15, 0.2) is 11.5 Å². The van der Waals surface area contributed by atoms with Crippen LogP contribution in [0.2, 0.25) is 0 Å². The fraction of sp³-hybridized carbons (Fsp3) is 0.500. The van der Waals surface area contributed by atoms with Gasteiger partial charge in [0.05, 0.1) is 26.1 Å². The van der Waals surface area contributed by atoms with Crippen molar-refractivity contribution < 1.29 is 76.4 Å². The molecule has 0 aromatic heterocycles. The average molecular weight is 1340 g/mol. The third-order valence-electron chi connectivity index (χ3n) is 17.4. The summed E-state index contributed by atoms with van der Waals surface area (Å²) >= 11 is 0. The molecule has 0 spiro atoms. The van der Waals surface area contributed by atoms with Gasteiger partial charge in [-0.05, 0) is 150 Å². The Morgan fingerprint density at radius 1 is 0.691 bits per heavy atom. The fourth-order valence-corrected chi connectivity index (χ4v) is 12.1. The molecule has 3 heterocycles. The number of carbonyl (C=O) groups is 11. The lowest BCUT2D eigenvalue weighted by molar-refractivity contribution is -0.165. The Kier molecular flexibility index (Phi) is 26.7. The van der Waals surface area contributed by atoms with E-state index in [0.717, 1.165) is 5.56 Å². The van der Waals surface area contributed by atoms with Gasteiger partial charge in [-0.15, -0.1) is 0 Å². The Morgan fingerprint density at radius 3 is 2.04 bits per heavy atom. The maximum absolute atomic E-state index is 15.3. The van der Waals surface area contributed by atoms with E-state index in [-0.39, 0.29) is 89.2 Å². The summed E-state index contributed by atoms with van der Waals surface area (Å²) in [5, 5.41) is 8.55. The topological polar surface area (TPSA) is 283 Å². The van der Waals surface area contributed by atoms with E-state index in [4.69, 9.17) is 23.7 Å². The van der Waals surface area contributed by atoms with Crippen molar-refractivity contribution in [2.45, 2.75) is 174 Å². The van der Waals surface area contributed by atoms with Crippen LogP contribution < -0.4 is 25.4 Å². The van der Waals surface area contributed by atoms with Gasteiger partial charge in [0, 0.05) is 64.8 Å². The van der Waals surface area contributed by atoms with Gasteiger partial charge < -0.3 is 59.2 Å². The summed E-state index contributed by atoms with van der Waals surface area (Å²) in [5.41, 5.74) is 0.978. The molecule has 0 aliphatic carbocycles. The maximum atomic E-state index is 15.3. The number of esters is 3. The second-order valence-corrected chi connectivity index (χ2v) is 27.1. The molecule has 3 N–H and O–H groups in total. The van der Waals surface area contributed by atoms with Crippen LogP contribution in [0, 0.1) is 11.3 Å². The van der Waals surface area contributed by atoms with Gasteiger partial charge in [-0.2, -0.15) is 0 Å². The molecule has 3 aliphatic heterocycles. The minimum Gasteiger partial charge on any atom is -0.493 e. The third-order valence-corrected chi connectivity index (χ3v) is 17.4. The summed E-state index contributed by atoms with van der Waals surface area (Å²) < 4.78 is 28.4. The smallest absolute Gasteiger partial charge is 0.330 e. The molecular formula is C74H95N7O16. The monoisotopic (exact) mass is 1340 g/mol. The van der Waals surface area contributed by atoms with Crippen LogP contribution in [0.3, 0.4) is 0 Å². The highest BCUT2D eigenvalue weighted by Gasteiger charge is 2.45. The number of amides is 7. The van der Waals surface area contributed by atoms with E-state index in [1.54, 1.807) is 119 Å². The normalized spacial score (nSPS) is 22.2. The molecule has 522 valence electrons. The molecule has 0 radical (unpaired) electrons. The number of aryl methyl sites for hydroxylation is 1. The van der Waals surface area contributed by atoms with Gasteiger partial charge in [-0.1, -0.05) is 92.7 Å². The molecule has 23 nitrogen and oxygen atoms in total. The molecule has 6 atom stereocenters. The first-order valence-corrected chi connectivity index (χ1v) is 33.3. The quantitative estimate of drug-likeness (QED) is 0.0690. The highest BCUT2D eigenvalue weighted by Crippen LogP contribution is 2.33. The first-order valence-electron chi connectivity index (χ1n) is 33.3. The summed E-state index contributed by atoms with van der Waals surface area (Å²) in [5.74, 6) is -6.34. The van der Waals surface area contributed by atoms with E-state index in [1.165, 1.54) is 66.9 Å². The number of carbonyl (C=O) groups excluding carboxylic acids is 11. The fourth-order valence-electron chi connectivity index (χ4n) is 12.1. The van der Waals surface area contributed by atoms with Gasteiger partial charge in [0.25, 0.3) is 5.91 Å². The van der Waals surface area contributed by atoms with Crippen molar-refractivity contribution in [2.24, 2.45) is 11.3 Å². The highest BCUT2D eigenvalue weighted by atomic mass is 16.6. The molecule has 4 aromatic rings. The summed E-state index contributed by atoms with van der Waals surface area (Å²) in [7, 11) is 6.15. The number of ketones is 1. The van der Waals surface area contributed by atoms with E-state index in [1.807, 2.05) is 19.9 Å². The minimum absolute atomic E-state index is 0.0182. The van der Waals surface area contributed by atoms with Gasteiger partial charge >= 0.3 is 17.9 Å². The van der Waals surface area contributed by atoms with Gasteiger partial charge in [-0.3, -0.25) is 43.2 Å². The molecule has 2 fully saturated rings. The number of hydrogen-bond donors (Lipinski definition) is 3. The van der Waals surface area contributed by atoms with Gasteiger partial charge in [0.1, 0.15) is 48.5 Å². The third kappa shape index (κ3) is 21.3. The number of Topliss-reactive ketones (excluding diaryl/α,β-unsaturated/α-hetero) is 1. The number of nitrogens with one attached hydrogen (secondary N) is 3. The lowest BCUT2D eigenvalue weighted by Crippen LogP contribution is -2.58. The number of benzene rings is 4. The van der Waals surface area contributed by atoms with Crippen LogP contribution in [0.4, 0.5) is 5.69 Å². The number of methoxy groups -OCH3 is 2. The van der Waals surface area contributed by atoms with Gasteiger partial charge in [0.2, 0.25) is 41.2 Å². The number of cyclic esters (lactones) is 2. The van der Waals surface area contributed by atoms with Crippen molar-refractivity contribution in [3.05, 3.63) is 137 Å². The van der Waals surface area contributed by atoms with E-state index in [0.29, 0.717) is 65.1 Å². The van der Waals surface area contributed by atoms with E-state index >= 15 is 4.79 Å². The maximum Gasteiger partial charge on any atom is 0.330 e. The lowest BCUT2D eigenvalue weighted by atomic mass is 9.87. The summed E-state index contributed by atoms with van der Waals surface area (Å²) in [6.45, 7) is 12.0. The first kappa shape index (κ1) is 75.0. The van der Waals surface area contributed by atoms with Crippen molar-refractivity contribution >= 4 is 70.7 Å². The SMILES string of the molecule is COc1ccc(CC[C@H]2OC(=O)[C@@H]3CCCCN3C(=O)C(=O)C(C)(C)COC(=O)C=CCCN(C)C(=O)[C@H](CC(C)C)N(C)C(=O)[C@H]3CCCN3C(=O)[C@H](Cc3ccc(CC(=O)OC(C)(C)C)cc3)NC(=O)C(c3ccccc3)NC(=O)CCC(=O)Nc3cccc2c3)cc1OC. The van der Waals surface area contributed by atoms with Crippen LogP contribution in [0.25, 0.3) is 0 Å². The zero-order valence-corrected chi connectivity index (χ0v) is 57.8. The lowest BCUT2D eigenvalue weighted by Gasteiger charge is -2.36. The Morgan fingerprint density at radius 2 is 1.35 bits per heavy atom. The predicted molar refractivity (Wildman–Crippen MR) is 361 cm³/mol. The molecular weight excluding hydrogens is 1240 g/mol. The number of anilines is 1. The molecule has 23 heteroatoms. The number of nitrogens with zero attached hydrogens (tertiary/aromatic N) is 4. The number of ether oxygens (including phenoxy) is 5.